The lowest BCUT2D eigenvalue weighted by molar-refractivity contribution is 0.0511. The molecule has 0 bridgehead atoms. The predicted molar refractivity (Wildman–Crippen MR) is 155 cm³/mol. The van der Waals surface area contributed by atoms with Crippen molar-refractivity contribution in [2.75, 3.05) is 0 Å². The number of aromatic nitrogens is 4. The van der Waals surface area contributed by atoms with E-state index in [1.54, 1.807) is 45.3 Å². The van der Waals surface area contributed by atoms with Crippen LogP contribution < -0.4 is 0 Å². The van der Waals surface area contributed by atoms with Crippen LogP contribution in [0.2, 0.25) is 0 Å². The Balaban J connectivity index is 0.000000361. The highest BCUT2D eigenvalue weighted by atomic mass is 79.9. The molecule has 10 heteroatoms. The lowest BCUT2D eigenvalue weighted by Gasteiger charge is -2.19. The molecule has 0 fully saturated rings. The molecule has 0 aliphatic rings. The molecule has 0 unspecified atom stereocenters. The molecular weight excluding hydrogens is 552 g/mol. The van der Waals surface area contributed by atoms with Gasteiger partial charge in [-0.1, -0.05) is 55.0 Å². The molecule has 4 rings (SSSR count). The Labute approximate surface area is 232 Å². The maximum Gasteiger partial charge on any atom is 0.435 e. The van der Waals surface area contributed by atoms with Gasteiger partial charge in [0, 0.05) is 16.1 Å². The number of aliphatic hydroxyl groups is 1. The summed E-state index contributed by atoms with van der Waals surface area (Å²) >= 11 is 3.40. The summed E-state index contributed by atoms with van der Waals surface area (Å²) in [5.74, 6) is 0. The molecule has 4 aromatic rings. The van der Waals surface area contributed by atoms with Crippen molar-refractivity contribution in [3.63, 3.8) is 0 Å². The zero-order valence-electron chi connectivity index (χ0n) is 21.3. The summed E-state index contributed by atoms with van der Waals surface area (Å²) in [4.78, 5) is 24.0. The average Bonchev–Trinajstić information content (AvgIpc) is 3.40. The molecular formula is C28H39BrN4O5. The van der Waals surface area contributed by atoms with Gasteiger partial charge >= 0.3 is 12.2 Å². The monoisotopic (exact) mass is 590 g/mol. The molecule has 0 aliphatic heterocycles. The van der Waals surface area contributed by atoms with Gasteiger partial charge in [0.25, 0.3) is 0 Å². The number of aliphatic hydroxyl groups excluding tert-OH is 1. The molecule has 2 aromatic carbocycles. The van der Waals surface area contributed by atoms with Crippen molar-refractivity contribution in [2.45, 2.75) is 79.5 Å². The third-order valence-corrected chi connectivity index (χ3v) is 5.39. The fourth-order valence-corrected chi connectivity index (χ4v) is 3.56. The van der Waals surface area contributed by atoms with E-state index in [1.807, 2.05) is 45.0 Å². The SMILES string of the molecule is C.C.CC(C)(C)OC(=O)n1ncc2ccc(CBr)cc21.CC(C)(C)OC(=O)n1ncc2ccc(CO)cc21. The Hall–Kier alpha value is -3.24. The second-order valence-corrected chi connectivity index (χ2v) is 10.7. The van der Waals surface area contributed by atoms with Crippen LogP contribution in [0.4, 0.5) is 9.59 Å². The predicted octanol–water partition coefficient (Wildman–Crippen LogP) is 7.30. The average molecular weight is 592 g/mol. The van der Waals surface area contributed by atoms with E-state index >= 15 is 0 Å². The Kier molecular flexibility index (Phi) is 11.2. The second kappa shape index (κ2) is 13.0. The lowest BCUT2D eigenvalue weighted by atomic mass is 10.2. The molecule has 2 heterocycles. The molecule has 2 aromatic heterocycles. The highest BCUT2D eigenvalue weighted by molar-refractivity contribution is 9.08. The van der Waals surface area contributed by atoms with Gasteiger partial charge in [-0.15, -0.1) is 0 Å². The van der Waals surface area contributed by atoms with Gasteiger partial charge in [0.15, 0.2) is 0 Å². The summed E-state index contributed by atoms with van der Waals surface area (Å²) in [6, 6.07) is 11.2. The molecule has 0 aliphatic carbocycles. The number of hydrogen-bond donors (Lipinski definition) is 1. The van der Waals surface area contributed by atoms with E-state index in [0.717, 1.165) is 32.7 Å². The number of fused-ring (bicyclic) bond motifs is 2. The van der Waals surface area contributed by atoms with Crippen molar-refractivity contribution < 1.29 is 24.2 Å². The fraction of sp³-hybridized carbons (Fsp3) is 0.429. The van der Waals surface area contributed by atoms with Crippen LogP contribution in [0, 0.1) is 0 Å². The quantitative estimate of drug-likeness (QED) is 0.244. The Morgan fingerprint density at radius 2 is 1.18 bits per heavy atom. The smallest absolute Gasteiger partial charge is 0.435 e. The minimum Gasteiger partial charge on any atom is -0.442 e. The van der Waals surface area contributed by atoms with Crippen molar-refractivity contribution in [3.05, 3.63) is 59.9 Å². The van der Waals surface area contributed by atoms with Gasteiger partial charge in [0.1, 0.15) is 11.2 Å². The normalized spacial score (nSPS) is 11.2. The van der Waals surface area contributed by atoms with Crippen LogP contribution >= 0.6 is 15.9 Å². The van der Waals surface area contributed by atoms with E-state index in [0.29, 0.717) is 5.52 Å². The van der Waals surface area contributed by atoms with Gasteiger partial charge in [-0.3, -0.25) is 0 Å². The summed E-state index contributed by atoms with van der Waals surface area (Å²) in [5, 5.41) is 19.7. The van der Waals surface area contributed by atoms with Gasteiger partial charge in [-0.25, -0.2) is 9.59 Å². The summed E-state index contributed by atoms with van der Waals surface area (Å²) in [5.41, 5.74) is 2.13. The molecule has 0 saturated carbocycles. The fourth-order valence-electron chi connectivity index (χ4n) is 3.21. The van der Waals surface area contributed by atoms with Gasteiger partial charge in [-0.2, -0.15) is 19.6 Å². The number of hydrogen-bond acceptors (Lipinski definition) is 7. The van der Waals surface area contributed by atoms with Crippen molar-refractivity contribution in [3.8, 4) is 0 Å². The number of rotatable bonds is 2. The minimum atomic E-state index is -0.566. The zero-order valence-corrected chi connectivity index (χ0v) is 22.9. The van der Waals surface area contributed by atoms with Gasteiger partial charge in [0.2, 0.25) is 0 Å². The number of carbonyl (C=O) groups is 2. The van der Waals surface area contributed by atoms with E-state index in [4.69, 9.17) is 14.6 Å². The molecule has 9 nitrogen and oxygen atoms in total. The van der Waals surface area contributed by atoms with Crippen LogP contribution in [-0.2, 0) is 21.4 Å². The first-order valence-electron chi connectivity index (χ1n) is 11.4. The number of ether oxygens (including phenoxy) is 2. The maximum absolute atomic E-state index is 12.0. The van der Waals surface area contributed by atoms with E-state index in [9.17, 15) is 9.59 Å². The largest absolute Gasteiger partial charge is 0.442 e. The summed E-state index contributed by atoms with van der Waals surface area (Å²) in [6.45, 7) is 10.8. The highest BCUT2D eigenvalue weighted by Crippen LogP contribution is 2.20. The van der Waals surface area contributed by atoms with Crippen molar-refractivity contribution in [1.29, 1.82) is 0 Å². The van der Waals surface area contributed by atoms with Crippen LogP contribution in [0.25, 0.3) is 21.8 Å². The third kappa shape index (κ3) is 8.39. The van der Waals surface area contributed by atoms with Crippen molar-refractivity contribution >= 4 is 49.9 Å². The maximum atomic E-state index is 12.0. The number of alkyl halides is 1. The second-order valence-electron chi connectivity index (χ2n) is 10.2. The van der Waals surface area contributed by atoms with E-state index in [1.165, 1.54) is 9.36 Å². The van der Waals surface area contributed by atoms with E-state index < -0.39 is 23.4 Å². The Morgan fingerprint density at radius 3 is 1.55 bits per heavy atom. The topological polar surface area (TPSA) is 108 Å². The first-order valence-corrected chi connectivity index (χ1v) is 12.5. The standard InChI is InChI=1S/C13H15BrN2O2.C13H16N2O3.2CH4/c1-13(2,3)18-12(17)16-11-6-9(7-14)4-5-10(11)8-15-16;1-13(2,3)18-12(17)15-11-6-9(8-16)4-5-10(11)7-14-15;;/h4-6,8H,7H2,1-3H3;4-7,16H,8H2,1-3H3;2*1H4. The lowest BCUT2D eigenvalue weighted by Crippen LogP contribution is -2.27. The number of nitrogens with zero attached hydrogens (tertiary/aromatic N) is 4. The molecule has 0 radical (unpaired) electrons. The molecule has 1 N–H and O–H groups in total. The molecule has 0 saturated heterocycles. The molecule has 38 heavy (non-hydrogen) atoms. The van der Waals surface area contributed by atoms with Crippen molar-refractivity contribution in [2.24, 2.45) is 0 Å². The van der Waals surface area contributed by atoms with Crippen LogP contribution in [0.3, 0.4) is 0 Å². The van der Waals surface area contributed by atoms with Crippen LogP contribution in [0.5, 0.6) is 0 Å². The molecule has 0 spiro atoms. The number of halogens is 1. The van der Waals surface area contributed by atoms with Gasteiger partial charge in [-0.05, 0) is 64.8 Å². The van der Waals surface area contributed by atoms with Crippen LogP contribution in [0.1, 0.15) is 67.5 Å². The molecule has 0 amide bonds. The van der Waals surface area contributed by atoms with Gasteiger partial charge in [0.05, 0.1) is 30.0 Å². The van der Waals surface area contributed by atoms with Crippen LogP contribution in [0.15, 0.2) is 48.8 Å². The number of benzene rings is 2. The molecule has 208 valence electrons. The van der Waals surface area contributed by atoms with Gasteiger partial charge < -0.3 is 14.6 Å². The van der Waals surface area contributed by atoms with E-state index in [-0.39, 0.29) is 21.5 Å². The summed E-state index contributed by atoms with van der Waals surface area (Å²) < 4.78 is 13.1. The van der Waals surface area contributed by atoms with E-state index in [2.05, 4.69) is 26.1 Å². The van der Waals surface area contributed by atoms with Crippen molar-refractivity contribution in [1.82, 2.24) is 19.6 Å². The summed E-state index contributed by atoms with van der Waals surface area (Å²) in [6.07, 6.45) is 2.29. The Bertz CT molecular complexity index is 1270. The minimum absolute atomic E-state index is 0. The number of carbonyl (C=O) groups excluding carboxylic acids is 2. The first kappa shape index (κ1) is 32.8. The highest BCUT2D eigenvalue weighted by Gasteiger charge is 2.21. The zero-order chi connectivity index (χ0) is 26.7. The summed E-state index contributed by atoms with van der Waals surface area (Å²) in [7, 11) is 0. The van der Waals surface area contributed by atoms with Crippen LogP contribution in [-0.4, -0.2) is 48.1 Å². The molecule has 0 atom stereocenters. The first-order chi connectivity index (χ1) is 16.8. The Morgan fingerprint density at radius 1 is 0.789 bits per heavy atom. The third-order valence-electron chi connectivity index (χ3n) is 4.74.